The maximum atomic E-state index is 13.1. The van der Waals surface area contributed by atoms with Crippen molar-refractivity contribution in [3.63, 3.8) is 0 Å². The summed E-state index contributed by atoms with van der Waals surface area (Å²) in [6.07, 6.45) is -2.22. The Morgan fingerprint density at radius 1 is 1.26 bits per heavy atom. The molecule has 1 aromatic carbocycles. The van der Waals surface area contributed by atoms with Gasteiger partial charge in [0.25, 0.3) is 0 Å². The van der Waals surface area contributed by atoms with Crippen LogP contribution in [0.5, 0.6) is 0 Å². The quantitative estimate of drug-likeness (QED) is 0.617. The van der Waals surface area contributed by atoms with Crippen molar-refractivity contribution in [3.8, 4) is 0 Å². The van der Waals surface area contributed by atoms with Gasteiger partial charge in [0, 0.05) is 0 Å². The van der Waals surface area contributed by atoms with Gasteiger partial charge >= 0.3 is 12.1 Å². The molecule has 1 aromatic rings. The third kappa shape index (κ3) is 3.62. The molecule has 1 aliphatic carbocycles. The van der Waals surface area contributed by atoms with Crippen LogP contribution in [0.25, 0.3) is 0 Å². The molecule has 2 rings (SSSR count). The predicted octanol–water partition coefficient (Wildman–Crippen LogP) is 4.19. The predicted molar refractivity (Wildman–Crippen MR) is 60.7 cm³/mol. The number of alkyl halides is 3. The second kappa shape index (κ2) is 5.40. The summed E-state index contributed by atoms with van der Waals surface area (Å²) in [7, 11) is 0. The largest absolute Gasteiger partial charge is 0.416 e. The molecule has 1 aliphatic rings. The van der Waals surface area contributed by atoms with Gasteiger partial charge in [0.2, 0.25) is 0 Å². The molecule has 0 unspecified atom stereocenters. The first-order valence-electron chi connectivity index (χ1n) is 5.62. The van der Waals surface area contributed by atoms with Crippen molar-refractivity contribution in [2.75, 3.05) is 0 Å². The zero-order valence-electron chi connectivity index (χ0n) is 9.67. The zero-order valence-corrected chi connectivity index (χ0v) is 10.5. The van der Waals surface area contributed by atoms with Crippen molar-refractivity contribution in [1.82, 2.24) is 0 Å². The fraction of sp³-hybridized carbons (Fsp3) is 0.417. The molecule has 0 aliphatic heterocycles. The summed E-state index contributed by atoms with van der Waals surface area (Å²) in [4.78, 5) is 11.3. The molecule has 0 amide bonds. The van der Waals surface area contributed by atoms with Crippen LogP contribution in [0.3, 0.4) is 0 Å². The van der Waals surface area contributed by atoms with Crippen molar-refractivity contribution >= 4 is 18.0 Å². The molecule has 0 aromatic heterocycles. The van der Waals surface area contributed by atoms with Crippen LogP contribution in [0.4, 0.5) is 17.6 Å². The lowest BCUT2D eigenvalue weighted by molar-refractivity contribution is -0.140. The lowest BCUT2D eigenvalue weighted by Crippen LogP contribution is -2.22. The Morgan fingerprint density at radius 3 is 2.47 bits per heavy atom. The normalized spacial score (nSPS) is 16.0. The number of rotatable bonds is 3. The number of hydrogen-bond acceptors (Lipinski definition) is 3. The first kappa shape index (κ1) is 14.2. The highest BCUT2D eigenvalue weighted by Gasteiger charge is 2.32. The first-order valence-corrected chi connectivity index (χ1v) is 6.36. The molecule has 0 N–H and O–H groups in total. The molecule has 0 heterocycles. The molecule has 0 saturated heterocycles. The summed E-state index contributed by atoms with van der Waals surface area (Å²) in [5.74, 6) is -1.66. The van der Waals surface area contributed by atoms with Gasteiger partial charge in [-0.05, 0) is 31.0 Å². The maximum Gasteiger partial charge on any atom is 0.416 e. The fourth-order valence-corrected chi connectivity index (χ4v) is 2.23. The molecule has 1 fully saturated rings. The Balaban J connectivity index is 2.03. The zero-order chi connectivity index (χ0) is 14.0. The molecule has 0 spiro atoms. The van der Waals surface area contributed by atoms with E-state index in [0.717, 1.165) is 31.4 Å². The van der Waals surface area contributed by atoms with Crippen molar-refractivity contribution in [2.24, 2.45) is 5.92 Å². The standard InChI is InChI=1S/C12H10F4O2S/c13-9-4-8(12(14,15)16)5-10(6-9)19-18-11(17)7-2-1-3-7/h4-7H,1-3H2. The van der Waals surface area contributed by atoms with Crippen LogP contribution in [0.2, 0.25) is 0 Å². The van der Waals surface area contributed by atoms with Crippen LogP contribution in [0, 0.1) is 11.7 Å². The molecule has 0 radical (unpaired) electrons. The molecular formula is C12H10F4O2S. The molecule has 7 heteroatoms. The molecule has 19 heavy (non-hydrogen) atoms. The number of benzene rings is 1. The summed E-state index contributed by atoms with van der Waals surface area (Å²) in [6.45, 7) is 0. The topological polar surface area (TPSA) is 26.3 Å². The Labute approximate surface area is 111 Å². The molecule has 104 valence electrons. The third-order valence-electron chi connectivity index (χ3n) is 2.86. The smallest absolute Gasteiger partial charge is 0.386 e. The van der Waals surface area contributed by atoms with Crippen LogP contribution >= 0.6 is 12.0 Å². The van der Waals surface area contributed by atoms with Crippen LogP contribution in [-0.4, -0.2) is 5.97 Å². The Kier molecular flexibility index (Phi) is 4.03. The van der Waals surface area contributed by atoms with Crippen LogP contribution in [0.1, 0.15) is 24.8 Å². The number of halogens is 4. The van der Waals surface area contributed by atoms with E-state index in [1.54, 1.807) is 0 Å². The molecule has 2 nitrogen and oxygen atoms in total. The number of carbonyl (C=O) groups is 1. The fourth-order valence-electron chi connectivity index (χ4n) is 1.58. The van der Waals surface area contributed by atoms with E-state index in [4.69, 9.17) is 4.18 Å². The Bertz CT molecular complexity index is 483. The van der Waals surface area contributed by atoms with E-state index in [2.05, 4.69) is 0 Å². The monoisotopic (exact) mass is 294 g/mol. The number of carbonyl (C=O) groups excluding carboxylic acids is 1. The van der Waals surface area contributed by atoms with E-state index in [0.29, 0.717) is 18.1 Å². The summed E-state index contributed by atoms with van der Waals surface area (Å²) in [5.41, 5.74) is -1.10. The molecule has 0 atom stereocenters. The summed E-state index contributed by atoms with van der Waals surface area (Å²) in [5, 5.41) is 0. The van der Waals surface area contributed by atoms with Crippen molar-refractivity contribution < 1.29 is 26.5 Å². The van der Waals surface area contributed by atoms with Gasteiger partial charge in [-0.15, -0.1) is 0 Å². The summed E-state index contributed by atoms with van der Waals surface area (Å²) >= 11 is 0.461. The van der Waals surface area contributed by atoms with Gasteiger partial charge in [-0.3, -0.25) is 4.79 Å². The van der Waals surface area contributed by atoms with E-state index in [9.17, 15) is 22.4 Å². The van der Waals surface area contributed by atoms with E-state index in [-0.39, 0.29) is 10.8 Å². The second-order valence-electron chi connectivity index (χ2n) is 4.29. The van der Waals surface area contributed by atoms with Gasteiger partial charge < -0.3 is 4.18 Å². The number of hydrogen-bond donors (Lipinski definition) is 0. The minimum absolute atomic E-state index is 0.0833. The van der Waals surface area contributed by atoms with E-state index >= 15 is 0 Å². The molecular weight excluding hydrogens is 284 g/mol. The highest BCUT2D eigenvalue weighted by molar-refractivity contribution is 7.95. The minimum atomic E-state index is -4.63. The minimum Gasteiger partial charge on any atom is -0.386 e. The molecule has 0 bridgehead atoms. The highest BCUT2D eigenvalue weighted by atomic mass is 32.2. The van der Waals surface area contributed by atoms with Crippen molar-refractivity contribution in [2.45, 2.75) is 30.3 Å². The maximum absolute atomic E-state index is 13.1. The van der Waals surface area contributed by atoms with E-state index < -0.39 is 23.5 Å². The van der Waals surface area contributed by atoms with Gasteiger partial charge in [0.15, 0.2) is 0 Å². The van der Waals surface area contributed by atoms with E-state index in [1.807, 2.05) is 0 Å². The lowest BCUT2D eigenvalue weighted by atomic mass is 9.86. The summed E-state index contributed by atoms with van der Waals surface area (Å²) in [6, 6.07) is 2.05. The SMILES string of the molecule is O=C(OSc1cc(F)cc(C(F)(F)F)c1)C1CCC1. The average Bonchev–Trinajstić information content (AvgIpc) is 2.22. The van der Waals surface area contributed by atoms with Crippen LogP contribution in [-0.2, 0) is 15.2 Å². The third-order valence-corrected chi connectivity index (χ3v) is 3.53. The molecule has 1 saturated carbocycles. The van der Waals surface area contributed by atoms with Gasteiger partial charge in [0.05, 0.1) is 28.4 Å². The van der Waals surface area contributed by atoms with E-state index in [1.165, 1.54) is 0 Å². The lowest BCUT2D eigenvalue weighted by Gasteiger charge is -2.22. The van der Waals surface area contributed by atoms with Crippen molar-refractivity contribution in [3.05, 3.63) is 29.6 Å². The Hall–Kier alpha value is -1.24. The summed E-state index contributed by atoms with van der Waals surface area (Å²) < 4.78 is 55.2. The van der Waals surface area contributed by atoms with Gasteiger partial charge in [-0.25, -0.2) is 4.39 Å². The van der Waals surface area contributed by atoms with Crippen LogP contribution < -0.4 is 0 Å². The first-order chi connectivity index (χ1) is 8.86. The van der Waals surface area contributed by atoms with Crippen molar-refractivity contribution in [1.29, 1.82) is 0 Å². The van der Waals surface area contributed by atoms with Gasteiger partial charge in [-0.1, -0.05) is 6.42 Å². The van der Waals surface area contributed by atoms with Gasteiger partial charge in [-0.2, -0.15) is 13.2 Å². The Morgan fingerprint density at radius 2 is 1.95 bits per heavy atom. The van der Waals surface area contributed by atoms with Gasteiger partial charge in [0.1, 0.15) is 5.82 Å². The second-order valence-corrected chi connectivity index (χ2v) is 5.09. The average molecular weight is 294 g/mol. The van der Waals surface area contributed by atoms with Crippen LogP contribution in [0.15, 0.2) is 23.1 Å². The highest BCUT2D eigenvalue weighted by Crippen LogP contribution is 2.34.